The van der Waals surface area contributed by atoms with Crippen molar-refractivity contribution in [1.82, 2.24) is 4.37 Å². The molecule has 1 atom stereocenters. The number of anilines is 1. The van der Waals surface area contributed by atoms with E-state index in [9.17, 15) is 4.39 Å². The lowest BCUT2D eigenvalue weighted by Gasteiger charge is -2.04. The Labute approximate surface area is 142 Å². The van der Waals surface area contributed by atoms with Crippen molar-refractivity contribution in [3.05, 3.63) is 31.7 Å². The average Bonchev–Trinajstić information content (AvgIpc) is 3.17. The second-order valence-electron chi connectivity index (χ2n) is 4.58. The molecule has 0 fully saturated rings. The van der Waals surface area contributed by atoms with Crippen LogP contribution in [0.1, 0.15) is 9.75 Å². The van der Waals surface area contributed by atoms with E-state index in [1.165, 1.54) is 16.4 Å². The van der Waals surface area contributed by atoms with Gasteiger partial charge in [0.25, 0.3) is 0 Å². The first-order valence-electron chi connectivity index (χ1n) is 6.33. The molecule has 0 radical (unpaired) electrons. The number of halogens is 2. The molecule has 3 N–H and O–H groups in total. The number of alkyl halides is 1. The molecule has 0 aliphatic rings. The summed E-state index contributed by atoms with van der Waals surface area (Å²) >= 11 is 8.38. The van der Waals surface area contributed by atoms with E-state index < -0.39 is 12.7 Å². The van der Waals surface area contributed by atoms with Crippen molar-refractivity contribution < 1.29 is 4.39 Å². The lowest BCUT2D eigenvalue weighted by molar-refractivity contribution is 0.428. The largest absolute Gasteiger partial charge is 0.370 e. The van der Waals surface area contributed by atoms with Crippen LogP contribution in [-0.4, -0.2) is 17.1 Å². The first-order valence-corrected chi connectivity index (χ1v) is 9.59. The summed E-state index contributed by atoms with van der Waals surface area (Å²) < 4.78 is 19.1. The molecule has 0 bridgehead atoms. The van der Waals surface area contributed by atoms with Crippen LogP contribution in [-0.2, 0) is 13.0 Å². The summed E-state index contributed by atoms with van der Waals surface area (Å²) in [5, 5.41) is 6.55. The maximum absolute atomic E-state index is 12.6. The number of nitrogens with two attached hydrogens (primary N) is 1. The van der Waals surface area contributed by atoms with Crippen molar-refractivity contribution in [2.24, 2.45) is 5.73 Å². The Kier molecular flexibility index (Phi) is 4.90. The molecule has 3 aromatic heterocycles. The van der Waals surface area contributed by atoms with Gasteiger partial charge in [0, 0.05) is 22.2 Å². The van der Waals surface area contributed by atoms with Crippen LogP contribution in [0.15, 0.2) is 22.0 Å². The highest BCUT2D eigenvalue weighted by molar-refractivity contribution is 9.10. The Balaban J connectivity index is 1.82. The number of rotatable bonds is 6. The summed E-state index contributed by atoms with van der Waals surface area (Å²) in [7, 11) is 0. The zero-order chi connectivity index (χ0) is 14.8. The van der Waals surface area contributed by atoms with Crippen molar-refractivity contribution in [1.29, 1.82) is 0 Å². The van der Waals surface area contributed by atoms with Gasteiger partial charge in [-0.25, -0.2) is 4.39 Å². The molecule has 3 heterocycles. The zero-order valence-electron chi connectivity index (χ0n) is 10.9. The molecule has 0 aliphatic carbocycles. The third-order valence-corrected chi connectivity index (χ3v) is 7.12. The molecule has 112 valence electrons. The van der Waals surface area contributed by atoms with Gasteiger partial charge in [0.15, 0.2) is 0 Å². The summed E-state index contributed by atoms with van der Waals surface area (Å²) in [4.78, 5) is 2.34. The number of aromatic nitrogens is 1. The molecule has 0 spiro atoms. The quantitative estimate of drug-likeness (QED) is 0.628. The molecule has 0 amide bonds. The van der Waals surface area contributed by atoms with Crippen molar-refractivity contribution in [2.45, 2.75) is 19.0 Å². The van der Waals surface area contributed by atoms with E-state index in [0.29, 0.717) is 6.42 Å². The van der Waals surface area contributed by atoms with Crippen molar-refractivity contribution in [3.8, 4) is 0 Å². The topological polar surface area (TPSA) is 50.9 Å². The van der Waals surface area contributed by atoms with Gasteiger partial charge in [-0.15, -0.1) is 22.7 Å². The predicted octanol–water partition coefficient (Wildman–Crippen LogP) is 4.63. The number of nitrogens with zero attached hydrogens (tertiary/aromatic N) is 1. The van der Waals surface area contributed by atoms with E-state index in [1.807, 2.05) is 6.07 Å². The number of nitrogens with one attached hydrogen (secondary N) is 1. The number of thiophene rings is 2. The average molecular weight is 406 g/mol. The second-order valence-corrected chi connectivity index (χ2v) is 8.28. The lowest BCUT2D eigenvalue weighted by Crippen LogP contribution is -2.24. The standard InChI is InChI=1S/C13H13BrFN3S3/c14-10-9(4-7(16)5-15)20-12-11(10)18-21-13(12)17-6-8-2-1-3-19-8/h1-3,7,17H,4-6,16H2/t7-/m1/s1. The van der Waals surface area contributed by atoms with Gasteiger partial charge in [0.1, 0.15) is 17.2 Å². The third-order valence-electron chi connectivity index (χ3n) is 2.98. The first-order chi connectivity index (χ1) is 10.2. The maximum atomic E-state index is 12.6. The van der Waals surface area contributed by atoms with Gasteiger partial charge < -0.3 is 11.1 Å². The predicted molar refractivity (Wildman–Crippen MR) is 94.5 cm³/mol. The molecule has 0 aromatic carbocycles. The molecule has 3 rings (SSSR count). The Morgan fingerprint density at radius 2 is 2.33 bits per heavy atom. The van der Waals surface area contributed by atoms with Crippen molar-refractivity contribution >= 4 is 65.4 Å². The zero-order valence-corrected chi connectivity index (χ0v) is 15.0. The smallest absolute Gasteiger partial charge is 0.127 e. The highest BCUT2D eigenvalue weighted by atomic mass is 79.9. The Morgan fingerprint density at radius 1 is 1.48 bits per heavy atom. The number of hydrogen-bond donors (Lipinski definition) is 2. The van der Waals surface area contributed by atoms with Crippen LogP contribution < -0.4 is 11.1 Å². The number of fused-ring (bicyclic) bond motifs is 1. The van der Waals surface area contributed by atoms with Crippen LogP contribution >= 0.6 is 50.1 Å². The normalized spacial score (nSPS) is 12.9. The summed E-state index contributed by atoms with van der Waals surface area (Å²) in [5.41, 5.74) is 6.65. The van der Waals surface area contributed by atoms with E-state index in [1.54, 1.807) is 22.7 Å². The number of hydrogen-bond acceptors (Lipinski definition) is 6. The Morgan fingerprint density at radius 3 is 3.05 bits per heavy atom. The molecule has 21 heavy (non-hydrogen) atoms. The summed E-state index contributed by atoms with van der Waals surface area (Å²) in [6.45, 7) is 0.290. The minimum atomic E-state index is -0.506. The van der Waals surface area contributed by atoms with Crippen LogP contribution in [0.3, 0.4) is 0 Å². The van der Waals surface area contributed by atoms with Crippen LogP contribution in [0.2, 0.25) is 0 Å². The summed E-state index contributed by atoms with van der Waals surface area (Å²) in [6.07, 6.45) is 0.535. The molecule has 0 aliphatic heterocycles. The molecule has 3 nitrogen and oxygen atoms in total. The van der Waals surface area contributed by atoms with Gasteiger partial charge >= 0.3 is 0 Å². The maximum Gasteiger partial charge on any atom is 0.127 e. The van der Waals surface area contributed by atoms with E-state index in [4.69, 9.17) is 5.73 Å². The van der Waals surface area contributed by atoms with Crippen molar-refractivity contribution in [2.75, 3.05) is 12.0 Å². The summed E-state index contributed by atoms with van der Waals surface area (Å²) in [6, 6.07) is 3.70. The van der Waals surface area contributed by atoms with Crippen LogP contribution in [0.5, 0.6) is 0 Å². The Bertz CT molecular complexity index is 723. The van der Waals surface area contributed by atoms with Crippen LogP contribution in [0, 0.1) is 0 Å². The van der Waals surface area contributed by atoms with E-state index >= 15 is 0 Å². The minimum absolute atomic E-state index is 0.449. The molecular weight excluding hydrogens is 393 g/mol. The fourth-order valence-electron chi connectivity index (χ4n) is 1.93. The van der Waals surface area contributed by atoms with E-state index in [0.717, 1.165) is 31.1 Å². The molecule has 0 unspecified atom stereocenters. The highest BCUT2D eigenvalue weighted by Crippen LogP contribution is 2.42. The fourth-order valence-corrected chi connectivity index (χ4v) is 5.63. The third kappa shape index (κ3) is 3.29. The monoisotopic (exact) mass is 405 g/mol. The van der Waals surface area contributed by atoms with Crippen molar-refractivity contribution in [3.63, 3.8) is 0 Å². The lowest BCUT2D eigenvalue weighted by atomic mass is 10.2. The molecule has 8 heteroatoms. The minimum Gasteiger partial charge on any atom is -0.370 e. The fraction of sp³-hybridized carbons (Fsp3) is 0.308. The highest BCUT2D eigenvalue weighted by Gasteiger charge is 2.18. The second kappa shape index (κ2) is 6.70. The van der Waals surface area contributed by atoms with Gasteiger partial charge in [-0.1, -0.05) is 6.07 Å². The van der Waals surface area contributed by atoms with Crippen LogP contribution in [0.4, 0.5) is 9.39 Å². The van der Waals surface area contributed by atoms with Gasteiger partial charge in [0.2, 0.25) is 0 Å². The van der Waals surface area contributed by atoms with Gasteiger partial charge in [-0.3, -0.25) is 0 Å². The van der Waals surface area contributed by atoms with Gasteiger partial charge in [-0.05, 0) is 38.9 Å². The SMILES string of the molecule is N[C@@H](CF)Cc1sc2c(NCc3cccs3)snc2c1Br. The molecular formula is C13H13BrFN3S3. The molecule has 0 saturated heterocycles. The van der Waals surface area contributed by atoms with Crippen LogP contribution in [0.25, 0.3) is 10.2 Å². The van der Waals surface area contributed by atoms with E-state index in [2.05, 4.69) is 37.1 Å². The van der Waals surface area contributed by atoms with Gasteiger partial charge in [-0.2, -0.15) is 4.37 Å². The molecule has 0 saturated carbocycles. The first kappa shape index (κ1) is 15.4. The van der Waals surface area contributed by atoms with Gasteiger partial charge in [0.05, 0.1) is 15.7 Å². The molecule has 3 aromatic rings. The summed E-state index contributed by atoms with van der Waals surface area (Å²) in [5.74, 6) is 0. The van der Waals surface area contributed by atoms with E-state index in [-0.39, 0.29) is 0 Å². The Hall–Kier alpha value is -0.540.